The van der Waals surface area contributed by atoms with Gasteiger partial charge in [0.15, 0.2) is 5.76 Å². The number of fused-ring (bicyclic) bond motifs is 1. The summed E-state index contributed by atoms with van der Waals surface area (Å²) in [7, 11) is 0. The molecule has 0 spiro atoms. The summed E-state index contributed by atoms with van der Waals surface area (Å²) in [5.74, 6) is 1.25. The number of para-hydroxylation sites is 2. The molecule has 6 rings (SSSR count). The summed E-state index contributed by atoms with van der Waals surface area (Å²) in [6.45, 7) is 0. The number of carbonyl (C=O) groups excluding carboxylic acids is 1. The van der Waals surface area contributed by atoms with E-state index in [2.05, 4.69) is 20.6 Å². The number of amides is 1. The third kappa shape index (κ3) is 3.77. The van der Waals surface area contributed by atoms with E-state index in [0.29, 0.717) is 28.8 Å². The van der Waals surface area contributed by atoms with Crippen LogP contribution in [0, 0.1) is 0 Å². The molecular weight excluding hydrogens is 452 g/mol. The summed E-state index contributed by atoms with van der Waals surface area (Å²) in [4.78, 5) is 13.3. The molecule has 0 N–H and O–H groups in total. The van der Waals surface area contributed by atoms with Crippen LogP contribution in [0.25, 0.3) is 16.7 Å². The molecule has 0 fully saturated rings. The van der Waals surface area contributed by atoms with E-state index in [1.807, 2.05) is 66.7 Å². The van der Waals surface area contributed by atoms with Crippen LogP contribution in [0.3, 0.4) is 0 Å². The molecule has 2 aromatic carbocycles. The number of hydrogen-bond acceptors (Lipinski definition) is 8. The van der Waals surface area contributed by atoms with Gasteiger partial charge in [0.2, 0.25) is 5.16 Å². The first-order chi connectivity index (χ1) is 16.8. The molecule has 0 saturated heterocycles. The van der Waals surface area contributed by atoms with Crippen molar-refractivity contribution in [1.29, 1.82) is 0 Å². The van der Waals surface area contributed by atoms with Crippen LogP contribution in [-0.4, -0.2) is 42.6 Å². The largest absolute Gasteiger partial charge is 0.467 e. The third-order valence-corrected chi connectivity index (χ3v) is 6.42. The summed E-state index contributed by atoms with van der Waals surface area (Å²) < 4.78 is 13.2. The number of thioether (sulfide) groups is 1. The molecule has 4 heterocycles. The quantitative estimate of drug-likeness (QED) is 0.337. The van der Waals surface area contributed by atoms with E-state index >= 15 is 0 Å². The molecule has 34 heavy (non-hydrogen) atoms. The number of rotatable bonds is 6. The molecular formula is C24H18N6O3S. The molecule has 1 aliphatic heterocycles. The van der Waals surface area contributed by atoms with Crippen molar-refractivity contribution in [3.63, 3.8) is 0 Å². The lowest BCUT2D eigenvalue weighted by Gasteiger charge is -2.19. The molecule has 0 aliphatic carbocycles. The Labute approximate surface area is 198 Å². The Bertz CT molecular complexity index is 1440. The van der Waals surface area contributed by atoms with Gasteiger partial charge in [-0.05, 0) is 46.8 Å². The van der Waals surface area contributed by atoms with Gasteiger partial charge in [0, 0.05) is 11.8 Å². The molecule has 1 unspecified atom stereocenters. The fraction of sp³-hybridized carbons (Fsp3) is 0.125. The van der Waals surface area contributed by atoms with Crippen LogP contribution in [-0.2, 0) is 4.79 Å². The lowest BCUT2D eigenvalue weighted by Crippen LogP contribution is -2.28. The Morgan fingerprint density at radius 3 is 2.74 bits per heavy atom. The molecule has 0 bridgehead atoms. The monoisotopic (exact) mass is 470 g/mol. The number of aromatic nitrogens is 4. The van der Waals surface area contributed by atoms with E-state index in [0.717, 1.165) is 16.7 Å². The minimum atomic E-state index is -0.351. The Kier molecular flexibility index (Phi) is 5.19. The number of furan rings is 2. The zero-order valence-electron chi connectivity index (χ0n) is 17.8. The first-order valence-electron chi connectivity index (χ1n) is 10.6. The number of nitrogens with zero attached hydrogens (tertiary/aromatic N) is 6. The maximum Gasteiger partial charge on any atom is 0.253 e. The van der Waals surface area contributed by atoms with Gasteiger partial charge in [0.25, 0.3) is 5.91 Å². The van der Waals surface area contributed by atoms with Gasteiger partial charge in [-0.3, -0.25) is 4.79 Å². The number of hydrogen-bond donors (Lipinski definition) is 0. The van der Waals surface area contributed by atoms with Gasteiger partial charge in [-0.25, -0.2) is 5.01 Å². The molecule has 10 heteroatoms. The third-order valence-electron chi connectivity index (χ3n) is 5.51. The minimum Gasteiger partial charge on any atom is -0.467 e. The normalized spacial score (nSPS) is 15.7. The predicted molar refractivity (Wildman–Crippen MR) is 126 cm³/mol. The number of hydrazone groups is 1. The Morgan fingerprint density at radius 2 is 1.91 bits per heavy atom. The molecule has 0 radical (unpaired) electrons. The average molecular weight is 471 g/mol. The van der Waals surface area contributed by atoms with E-state index in [4.69, 9.17) is 8.83 Å². The molecule has 3 aromatic heterocycles. The molecule has 0 saturated carbocycles. The molecule has 1 aliphatic rings. The van der Waals surface area contributed by atoms with E-state index < -0.39 is 0 Å². The zero-order valence-corrected chi connectivity index (χ0v) is 18.6. The summed E-state index contributed by atoms with van der Waals surface area (Å²) in [6, 6.07) is 22.6. The predicted octanol–water partition coefficient (Wildman–Crippen LogP) is 4.47. The SMILES string of the molecule is O=C(CSc1nnnn1-c1ccccc1)N1N=C(c2cc3ccccc3o2)CC1c1ccco1. The van der Waals surface area contributed by atoms with Crippen molar-refractivity contribution < 1.29 is 13.6 Å². The fourth-order valence-corrected chi connectivity index (χ4v) is 4.65. The molecule has 168 valence electrons. The second kappa shape index (κ2) is 8.64. The lowest BCUT2D eigenvalue weighted by atomic mass is 10.1. The van der Waals surface area contributed by atoms with Gasteiger partial charge in [-0.15, -0.1) is 5.10 Å². The fourth-order valence-electron chi connectivity index (χ4n) is 3.91. The second-order valence-corrected chi connectivity index (χ2v) is 8.61. The van der Waals surface area contributed by atoms with E-state index in [1.165, 1.54) is 16.8 Å². The van der Waals surface area contributed by atoms with Crippen LogP contribution >= 0.6 is 11.8 Å². The average Bonchev–Trinajstić information content (AvgIpc) is 3.68. The highest BCUT2D eigenvalue weighted by molar-refractivity contribution is 7.99. The van der Waals surface area contributed by atoms with Crippen molar-refractivity contribution in [2.24, 2.45) is 5.10 Å². The summed E-state index contributed by atoms with van der Waals surface area (Å²) >= 11 is 1.26. The number of benzene rings is 2. The van der Waals surface area contributed by atoms with E-state index in [9.17, 15) is 4.79 Å². The smallest absolute Gasteiger partial charge is 0.253 e. The minimum absolute atomic E-state index is 0.112. The van der Waals surface area contributed by atoms with Crippen molar-refractivity contribution in [3.05, 3.63) is 90.6 Å². The van der Waals surface area contributed by atoms with Crippen molar-refractivity contribution >= 4 is 34.3 Å². The Balaban J connectivity index is 1.25. The van der Waals surface area contributed by atoms with Crippen molar-refractivity contribution in [2.45, 2.75) is 17.6 Å². The van der Waals surface area contributed by atoms with Crippen LogP contribution in [0.4, 0.5) is 0 Å². The van der Waals surface area contributed by atoms with Gasteiger partial charge in [-0.2, -0.15) is 9.78 Å². The Morgan fingerprint density at radius 1 is 1.06 bits per heavy atom. The molecule has 9 nitrogen and oxygen atoms in total. The van der Waals surface area contributed by atoms with E-state index in [-0.39, 0.29) is 17.7 Å². The standard InChI is InChI=1S/C24H18N6O3S/c31-23(15-34-24-25-27-28-29(24)17-8-2-1-3-9-17)30-19(21-11-6-12-32-21)14-18(26-30)22-13-16-7-4-5-10-20(16)33-22/h1-13,19H,14-15H2. The summed E-state index contributed by atoms with van der Waals surface area (Å²) in [6.07, 6.45) is 2.09. The van der Waals surface area contributed by atoms with Crippen LogP contribution in [0.15, 0.2) is 98.2 Å². The Hall–Kier alpha value is -4.18. The number of tetrazole rings is 1. The highest BCUT2D eigenvalue weighted by Crippen LogP contribution is 2.35. The van der Waals surface area contributed by atoms with Crippen LogP contribution in [0.2, 0.25) is 0 Å². The van der Waals surface area contributed by atoms with Gasteiger partial charge in [0.1, 0.15) is 23.1 Å². The first-order valence-corrected chi connectivity index (χ1v) is 11.6. The summed E-state index contributed by atoms with van der Waals surface area (Å²) in [5.41, 5.74) is 2.30. The highest BCUT2D eigenvalue weighted by atomic mass is 32.2. The second-order valence-electron chi connectivity index (χ2n) is 7.67. The van der Waals surface area contributed by atoms with Gasteiger partial charge in [0.05, 0.1) is 17.7 Å². The highest BCUT2D eigenvalue weighted by Gasteiger charge is 2.36. The van der Waals surface area contributed by atoms with Crippen LogP contribution < -0.4 is 0 Å². The van der Waals surface area contributed by atoms with E-state index in [1.54, 1.807) is 17.0 Å². The molecule has 5 aromatic rings. The van der Waals surface area contributed by atoms with Crippen molar-refractivity contribution in [1.82, 2.24) is 25.2 Å². The topological polar surface area (TPSA) is 103 Å². The lowest BCUT2D eigenvalue weighted by molar-refractivity contribution is -0.130. The van der Waals surface area contributed by atoms with Gasteiger partial charge in [-0.1, -0.05) is 48.2 Å². The molecule has 1 amide bonds. The zero-order chi connectivity index (χ0) is 22.9. The van der Waals surface area contributed by atoms with Crippen LogP contribution in [0.5, 0.6) is 0 Å². The number of carbonyl (C=O) groups is 1. The van der Waals surface area contributed by atoms with Gasteiger partial charge >= 0.3 is 0 Å². The van der Waals surface area contributed by atoms with Crippen LogP contribution in [0.1, 0.15) is 24.0 Å². The van der Waals surface area contributed by atoms with Crippen molar-refractivity contribution in [3.8, 4) is 5.69 Å². The maximum absolute atomic E-state index is 13.3. The van der Waals surface area contributed by atoms with Crippen molar-refractivity contribution in [2.75, 3.05) is 5.75 Å². The molecule has 1 atom stereocenters. The first kappa shape index (κ1) is 20.4. The van der Waals surface area contributed by atoms with Gasteiger partial charge < -0.3 is 8.83 Å². The summed E-state index contributed by atoms with van der Waals surface area (Å²) in [5, 5.41) is 19.5. The maximum atomic E-state index is 13.3.